The van der Waals surface area contributed by atoms with Crippen molar-refractivity contribution >= 4 is 29.7 Å². The summed E-state index contributed by atoms with van der Waals surface area (Å²) in [5, 5.41) is 19.7. The Hall–Kier alpha value is -3.16. The summed E-state index contributed by atoms with van der Waals surface area (Å²) in [5.74, 6) is 0.144. The lowest BCUT2D eigenvalue weighted by Gasteiger charge is -2.25. The molecule has 4 rings (SSSR count). The molecule has 0 bridgehead atoms. The molecule has 1 atom stereocenters. The fourth-order valence-electron chi connectivity index (χ4n) is 3.71. The van der Waals surface area contributed by atoms with Gasteiger partial charge in [0.25, 0.3) is 6.47 Å². The lowest BCUT2D eigenvalue weighted by atomic mass is 9.88. The first kappa shape index (κ1) is 18.6. The van der Waals surface area contributed by atoms with Gasteiger partial charge < -0.3 is 15.7 Å². The number of aromatic nitrogens is 2. The number of carbonyl (C=O) groups excluding carboxylic acids is 2. The number of amides is 2. The number of carboxylic acid groups (broad SMARTS) is 1. The first-order valence-corrected chi connectivity index (χ1v) is 8.94. The van der Waals surface area contributed by atoms with E-state index in [-0.39, 0.29) is 30.1 Å². The number of hydrogen-bond acceptors (Lipinski definition) is 4. The molecule has 2 heterocycles. The van der Waals surface area contributed by atoms with Crippen molar-refractivity contribution in [2.45, 2.75) is 38.0 Å². The molecule has 8 heteroatoms. The Morgan fingerprint density at radius 1 is 1.26 bits per heavy atom. The molecule has 1 fully saturated rings. The van der Waals surface area contributed by atoms with Crippen LogP contribution in [0.1, 0.15) is 49.3 Å². The van der Waals surface area contributed by atoms with E-state index in [9.17, 15) is 9.59 Å². The van der Waals surface area contributed by atoms with E-state index in [0.29, 0.717) is 6.42 Å². The van der Waals surface area contributed by atoms with Crippen LogP contribution in [-0.2, 0) is 14.4 Å². The van der Waals surface area contributed by atoms with Gasteiger partial charge in [-0.15, -0.1) is 0 Å². The van der Waals surface area contributed by atoms with Crippen molar-refractivity contribution in [3.05, 3.63) is 41.7 Å². The van der Waals surface area contributed by atoms with Crippen LogP contribution >= 0.6 is 0 Å². The second-order valence-electron chi connectivity index (χ2n) is 6.69. The van der Waals surface area contributed by atoms with E-state index in [1.807, 2.05) is 24.3 Å². The van der Waals surface area contributed by atoms with Gasteiger partial charge in [-0.3, -0.25) is 19.5 Å². The Bertz CT molecular complexity index is 813. The molecule has 0 saturated heterocycles. The van der Waals surface area contributed by atoms with Crippen molar-refractivity contribution in [2.24, 2.45) is 5.92 Å². The van der Waals surface area contributed by atoms with Gasteiger partial charge in [-0.2, -0.15) is 5.10 Å². The van der Waals surface area contributed by atoms with Gasteiger partial charge in [0, 0.05) is 41.5 Å². The smallest absolute Gasteiger partial charge is 0.290 e. The highest BCUT2D eigenvalue weighted by atomic mass is 16.3. The summed E-state index contributed by atoms with van der Waals surface area (Å²) >= 11 is 0. The quantitative estimate of drug-likeness (QED) is 0.618. The molecule has 1 aromatic heterocycles. The molecule has 4 N–H and O–H groups in total. The summed E-state index contributed by atoms with van der Waals surface area (Å²) in [6.07, 6.45) is 6.28. The van der Waals surface area contributed by atoms with Crippen LogP contribution in [-0.4, -0.2) is 33.6 Å². The zero-order valence-corrected chi connectivity index (χ0v) is 14.8. The zero-order valence-electron chi connectivity index (χ0n) is 14.8. The maximum atomic E-state index is 12.3. The Morgan fingerprint density at radius 3 is 2.67 bits per heavy atom. The van der Waals surface area contributed by atoms with Crippen LogP contribution in [0.2, 0.25) is 0 Å². The van der Waals surface area contributed by atoms with Crippen LogP contribution in [0.5, 0.6) is 0 Å². The summed E-state index contributed by atoms with van der Waals surface area (Å²) in [4.78, 5) is 32.7. The number of nitrogens with zero attached hydrogens (tertiary/aromatic N) is 1. The van der Waals surface area contributed by atoms with Gasteiger partial charge >= 0.3 is 0 Å². The summed E-state index contributed by atoms with van der Waals surface area (Å²) in [5.41, 5.74) is 3.46. The topological polar surface area (TPSA) is 124 Å². The molecule has 1 aromatic carbocycles. The maximum absolute atomic E-state index is 12.3. The third-order valence-electron chi connectivity index (χ3n) is 4.98. The molecule has 0 spiro atoms. The number of hydrogen-bond donors (Lipinski definition) is 4. The molecule has 27 heavy (non-hydrogen) atoms. The Balaban J connectivity index is 0.000000659. The Morgan fingerprint density at radius 2 is 2.00 bits per heavy atom. The molecule has 8 nitrogen and oxygen atoms in total. The van der Waals surface area contributed by atoms with Crippen molar-refractivity contribution in [1.82, 2.24) is 10.2 Å². The molecular weight excluding hydrogens is 348 g/mol. The van der Waals surface area contributed by atoms with E-state index in [0.717, 1.165) is 48.3 Å². The van der Waals surface area contributed by atoms with Crippen LogP contribution in [0, 0.1) is 5.92 Å². The number of H-pyrrole nitrogens is 1. The molecule has 142 valence electrons. The van der Waals surface area contributed by atoms with Gasteiger partial charge in [0.1, 0.15) is 0 Å². The fourth-order valence-corrected chi connectivity index (χ4v) is 3.71. The van der Waals surface area contributed by atoms with Crippen molar-refractivity contribution in [2.75, 3.05) is 10.6 Å². The molecule has 1 saturated carbocycles. The minimum Gasteiger partial charge on any atom is -0.483 e. The van der Waals surface area contributed by atoms with E-state index < -0.39 is 0 Å². The molecule has 1 aliphatic carbocycles. The number of carbonyl (C=O) groups is 3. The van der Waals surface area contributed by atoms with Crippen LogP contribution in [0.15, 0.2) is 30.5 Å². The minimum atomic E-state index is -0.250. The number of benzene rings is 1. The van der Waals surface area contributed by atoms with E-state index in [2.05, 4.69) is 20.8 Å². The van der Waals surface area contributed by atoms with Crippen molar-refractivity contribution in [1.29, 1.82) is 0 Å². The highest BCUT2D eigenvalue weighted by molar-refractivity contribution is 5.98. The highest BCUT2D eigenvalue weighted by Crippen LogP contribution is 2.37. The number of nitrogens with one attached hydrogen (secondary N) is 3. The minimum absolute atomic E-state index is 0.0265. The first-order chi connectivity index (χ1) is 13.1. The largest absolute Gasteiger partial charge is 0.483 e. The van der Waals surface area contributed by atoms with Crippen LogP contribution < -0.4 is 10.6 Å². The molecule has 2 amide bonds. The van der Waals surface area contributed by atoms with Gasteiger partial charge in [0.05, 0.1) is 0 Å². The van der Waals surface area contributed by atoms with Crippen molar-refractivity contribution in [3.8, 4) is 0 Å². The normalized spacial score (nSPS) is 18.7. The molecule has 0 radical (unpaired) electrons. The third-order valence-corrected chi connectivity index (χ3v) is 4.98. The molecule has 1 unspecified atom stereocenters. The second kappa shape index (κ2) is 8.48. The predicted molar refractivity (Wildman–Crippen MR) is 99.4 cm³/mol. The second-order valence-corrected chi connectivity index (χ2v) is 6.69. The van der Waals surface area contributed by atoms with E-state index in [4.69, 9.17) is 9.90 Å². The molecule has 2 aromatic rings. The van der Waals surface area contributed by atoms with E-state index in [1.54, 1.807) is 6.20 Å². The van der Waals surface area contributed by atoms with Gasteiger partial charge in [-0.05, 0) is 36.6 Å². The SMILES string of the molecule is O=C1CC(c2ccn[nH]2)c2ccc(NC(=O)C3CCCC3)cc2N1.O=CO. The number of fused-ring (bicyclic) bond motifs is 1. The lowest BCUT2D eigenvalue weighted by molar-refractivity contribution is -0.123. The molecular formula is C19H22N4O4. The van der Waals surface area contributed by atoms with Crippen LogP contribution in [0.4, 0.5) is 11.4 Å². The van der Waals surface area contributed by atoms with E-state index in [1.165, 1.54) is 0 Å². The summed E-state index contributed by atoms with van der Waals surface area (Å²) < 4.78 is 0. The highest BCUT2D eigenvalue weighted by Gasteiger charge is 2.28. The summed E-state index contributed by atoms with van der Waals surface area (Å²) in [6, 6.07) is 7.63. The monoisotopic (exact) mass is 370 g/mol. The first-order valence-electron chi connectivity index (χ1n) is 8.94. The van der Waals surface area contributed by atoms with E-state index >= 15 is 0 Å². The fraction of sp³-hybridized carbons (Fsp3) is 0.368. The van der Waals surface area contributed by atoms with Gasteiger partial charge in [0.15, 0.2) is 0 Å². The number of rotatable bonds is 3. The summed E-state index contributed by atoms with van der Waals surface area (Å²) in [7, 11) is 0. The van der Waals surface area contributed by atoms with Crippen molar-refractivity contribution in [3.63, 3.8) is 0 Å². The standard InChI is InChI=1S/C18H20N4O2.CH2O2/c23-17-10-14(15-7-8-19-22-15)13-6-5-12(9-16(13)21-17)20-18(24)11-3-1-2-4-11;2-1-3/h5-9,11,14H,1-4,10H2,(H,19,22)(H,20,24)(H,21,23);1H,(H,2,3). The number of anilines is 2. The maximum Gasteiger partial charge on any atom is 0.290 e. The lowest BCUT2D eigenvalue weighted by Crippen LogP contribution is -2.24. The number of aromatic amines is 1. The Kier molecular flexibility index (Phi) is 5.85. The van der Waals surface area contributed by atoms with Crippen molar-refractivity contribution < 1.29 is 19.5 Å². The third kappa shape index (κ3) is 4.33. The van der Waals surface area contributed by atoms with Crippen LogP contribution in [0.25, 0.3) is 0 Å². The molecule has 2 aliphatic rings. The Labute approximate surface area is 156 Å². The zero-order chi connectivity index (χ0) is 19.2. The van der Waals surface area contributed by atoms with Crippen LogP contribution in [0.3, 0.4) is 0 Å². The molecule has 1 aliphatic heterocycles. The summed E-state index contributed by atoms with van der Waals surface area (Å²) in [6.45, 7) is -0.250. The predicted octanol–water partition coefficient (Wildman–Crippen LogP) is 2.71. The van der Waals surface area contributed by atoms with Gasteiger partial charge in [-0.1, -0.05) is 18.9 Å². The average Bonchev–Trinajstić information content (AvgIpc) is 3.35. The van der Waals surface area contributed by atoms with Gasteiger partial charge in [-0.25, -0.2) is 0 Å². The van der Waals surface area contributed by atoms with Gasteiger partial charge in [0.2, 0.25) is 11.8 Å². The average molecular weight is 370 g/mol.